The van der Waals surface area contributed by atoms with Gasteiger partial charge < -0.3 is 10.1 Å². The second-order valence-electron chi connectivity index (χ2n) is 6.16. The highest BCUT2D eigenvalue weighted by molar-refractivity contribution is 5.37. The second-order valence-corrected chi connectivity index (χ2v) is 6.16. The molecule has 1 aliphatic carbocycles. The smallest absolute Gasteiger partial charge is 0.120 e. The summed E-state index contributed by atoms with van der Waals surface area (Å²) in [5.74, 6) is 1.06. The van der Waals surface area contributed by atoms with Crippen molar-refractivity contribution < 1.29 is 4.74 Å². The quantitative estimate of drug-likeness (QED) is 0.760. The fourth-order valence-corrected chi connectivity index (χ4v) is 3.40. The van der Waals surface area contributed by atoms with Crippen LogP contribution >= 0.6 is 0 Å². The number of aryl methyl sites for hydroxylation is 2. The number of hydrogen-bond donors (Lipinski definition) is 1. The molecule has 2 heteroatoms. The van der Waals surface area contributed by atoms with Crippen molar-refractivity contribution in [1.29, 1.82) is 0 Å². The van der Waals surface area contributed by atoms with E-state index >= 15 is 0 Å². The molecule has 0 bridgehead atoms. The Labute approximate surface area is 130 Å². The largest absolute Gasteiger partial charge is 0.489 e. The van der Waals surface area contributed by atoms with Crippen molar-refractivity contribution in [3.63, 3.8) is 0 Å². The maximum atomic E-state index is 6.33. The van der Waals surface area contributed by atoms with Crippen LogP contribution in [-0.2, 0) is 12.8 Å². The van der Waals surface area contributed by atoms with Crippen molar-refractivity contribution in [3.05, 3.63) is 29.3 Å². The van der Waals surface area contributed by atoms with E-state index in [0.717, 1.165) is 18.7 Å². The Balaban J connectivity index is 2.06. The van der Waals surface area contributed by atoms with Crippen LogP contribution in [0, 0.1) is 0 Å². The first-order chi connectivity index (χ1) is 10.3. The topological polar surface area (TPSA) is 21.3 Å². The van der Waals surface area contributed by atoms with Gasteiger partial charge in [0, 0.05) is 6.04 Å². The molecule has 1 aromatic rings. The predicted molar refractivity (Wildman–Crippen MR) is 90.2 cm³/mol. The maximum Gasteiger partial charge on any atom is 0.120 e. The molecule has 0 radical (unpaired) electrons. The summed E-state index contributed by atoms with van der Waals surface area (Å²) in [6.45, 7) is 7.65. The van der Waals surface area contributed by atoms with Crippen molar-refractivity contribution in [2.45, 2.75) is 77.9 Å². The van der Waals surface area contributed by atoms with E-state index in [4.69, 9.17) is 4.74 Å². The Morgan fingerprint density at radius 3 is 2.52 bits per heavy atom. The highest BCUT2D eigenvalue weighted by Gasteiger charge is 2.20. The van der Waals surface area contributed by atoms with Gasteiger partial charge in [0.25, 0.3) is 0 Å². The average Bonchev–Trinajstić information content (AvgIpc) is 2.52. The van der Waals surface area contributed by atoms with E-state index in [2.05, 4.69) is 44.3 Å². The van der Waals surface area contributed by atoms with Gasteiger partial charge in [0.05, 0.1) is 0 Å². The van der Waals surface area contributed by atoms with Crippen molar-refractivity contribution in [3.8, 4) is 5.75 Å². The summed E-state index contributed by atoms with van der Waals surface area (Å²) in [5, 5.41) is 3.59. The molecule has 2 rings (SSSR count). The van der Waals surface area contributed by atoms with E-state index in [0.29, 0.717) is 6.04 Å². The van der Waals surface area contributed by atoms with E-state index in [1.165, 1.54) is 49.7 Å². The van der Waals surface area contributed by atoms with Gasteiger partial charge in [-0.05, 0) is 68.3 Å². The molecule has 2 unspecified atom stereocenters. The zero-order valence-electron chi connectivity index (χ0n) is 14.0. The summed E-state index contributed by atoms with van der Waals surface area (Å²) < 4.78 is 6.33. The van der Waals surface area contributed by atoms with Crippen LogP contribution in [0.3, 0.4) is 0 Å². The number of rotatable bonds is 8. The third kappa shape index (κ3) is 4.47. The molecule has 0 spiro atoms. The van der Waals surface area contributed by atoms with Gasteiger partial charge in [0.15, 0.2) is 0 Å². The molecule has 1 N–H and O–H groups in total. The zero-order chi connectivity index (χ0) is 15.1. The van der Waals surface area contributed by atoms with Gasteiger partial charge in [-0.2, -0.15) is 0 Å². The molecule has 0 heterocycles. The Morgan fingerprint density at radius 1 is 1.10 bits per heavy atom. The van der Waals surface area contributed by atoms with Gasteiger partial charge in [0.2, 0.25) is 0 Å². The first-order valence-electron chi connectivity index (χ1n) is 8.80. The summed E-state index contributed by atoms with van der Waals surface area (Å²) in [7, 11) is 0. The first kappa shape index (κ1) is 16.4. The summed E-state index contributed by atoms with van der Waals surface area (Å²) in [5.41, 5.74) is 3.03. The van der Waals surface area contributed by atoms with Crippen LogP contribution in [0.25, 0.3) is 0 Å². The van der Waals surface area contributed by atoms with Crippen LogP contribution in [0.5, 0.6) is 5.75 Å². The molecular formula is C19H31NO. The first-order valence-corrected chi connectivity index (χ1v) is 8.80. The Kier molecular flexibility index (Phi) is 6.56. The molecule has 118 valence electrons. The van der Waals surface area contributed by atoms with Gasteiger partial charge in [-0.25, -0.2) is 0 Å². The Hall–Kier alpha value is -1.02. The van der Waals surface area contributed by atoms with Gasteiger partial charge >= 0.3 is 0 Å². The minimum atomic E-state index is 0.270. The molecule has 0 saturated heterocycles. The van der Waals surface area contributed by atoms with Gasteiger partial charge in [0.1, 0.15) is 11.9 Å². The number of nitrogens with one attached hydrogen (secondary N) is 1. The number of benzene rings is 1. The molecule has 0 aromatic heterocycles. The van der Waals surface area contributed by atoms with Crippen LogP contribution < -0.4 is 10.1 Å². The lowest BCUT2D eigenvalue weighted by atomic mass is 9.92. The minimum absolute atomic E-state index is 0.270. The van der Waals surface area contributed by atoms with Crippen molar-refractivity contribution in [2.75, 3.05) is 6.54 Å². The second kappa shape index (κ2) is 8.43. The fraction of sp³-hybridized carbons (Fsp3) is 0.684. The lowest BCUT2D eigenvalue weighted by molar-refractivity contribution is 0.143. The number of hydrogen-bond acceptors (Lipinski definition) is 2. The molecule has 1 aliphatic rings. The summed E-state index contributed by atoms with van der Waals surface area (Å²) in [6, 6.07) is 7.19. The lowest BCUT2D eigenvalue weighted by Crippen LogP contribution is -2.42. The molecule has 2 nitrogen and oxygen atoms in total. The third-order valence-corrected chi connectivity index (χ3v) is 4.52. The molecule has 2 atom stereocenters. The zero-order valence-corrected chi connectivity index (χ0v) is 14.0. The molecule has 21 heavy (non-hydrogen) atoms. The van der Waals surface area contributed by atoms with E-state index < -0.39 is 0 Å². The van der Waals surface area contributed by atoms with Crippen LogP contribution in [0.4, 0.5) is 0 Å². The van der Waals surface area contributed by atoms with E-state index in [1.54, 1.807) is 0 Å². The third-order valence-electron chi connectivity index (χ3n) is 4.52. The van der Waals surface area contributed by atoms with E-state index in [-0.39, 0.29) is 6.10 Å². The average molecular weight is 289 g/mol. The van der Waals surface area contributed by atoms with E-state index in [9.17, 15) is 0 Å². The van der Waals surface area contributed by atoms with Crippen LogP contribution in [0.1, 0.15) is 64.0 Å². The summed E-state index contributed by atoms with van der Waals surface area (Å²) in [6.07, 6.45) is 8.81. The highest BCUT2D eigenvalue weighted by atomic mass is 16.5. The van der Waals surface area contributed by atoms with Crippen LogP contribution in [0.2, 0.25) is 0 Å². The summed E-state index contributed by atoms with van der Waals surface area (Å²) in [4.78, 5) is 0. The molecule has 0 saturated carbocycles. The molecular weight excluding hydrogens is 258 g/mol. The van der Waals surface area contributed by atoms with Crippen molar-refractivity contribution in [2.24, 2.45) is 0 Å². The summed E-state index contributed by atoms with van der Waals surface area (Å²) >= 11 is 0. The Morgan fingerprint density at radius 2 is 1.86 bits per heavy atom. The Bertz CT molecular complexity index is 424. The highest BCUT2D eigenvalue weighted by Crippen LogP contribution is 2.26. The molecule has 1 aromatic carbocycles. The van der Waals surface area contributed by atoms with Gasteiger partial charge in [-0.1, -0.05) is 33.3 Å². The lowest BCUT2D eigenvalue weighted by Gasteiger charge is -2.28. The number of fused-ring (bicyclic) bond motifs is 1. The normalized spacial score (nSPS) is 17.1. The van der Waals surface area contributed by atoms with E-state index in [1.807, 2.05) is 0 Å². The maximum absolute atomic E-state index is 6.33. The van der Waals surface area contributed by atoms with Gasteiger partial charge in [-0.15, -0.1) is 0 Å². The van der Waals surface area contributed by atoms with Crippen molar-refractivity contribution >= 4 is 0 Å². The minimum Gasteiger partial charge on any atom is -0.489 e. The predicted octanol–water partition coefficient (Wildman–Crippen LogP) is 4.50. The molecule has 0 amide bonds. The molecule has 0 fully saturated rings. The number of ether oxygens (including phenoxy) is 1. The van der Waals surface area contributed by atoms with Crippen LogP contribution in [0.15, 0.2) is 18.2 Å². The number of likely N-dealkylation sites (N-methyl/N-ethyl adjacent to an activating group) is 1. The monoisotopic (exact) mass is 289 g/mol. The fourth-order valence-electron chi connectivity index (χ4n) is 3.40. The van der Waals surface area contributed by atoms with Crippen molar-refractivity contribution in [1.82, 2.24) is 5.32 Å². The van der Waals surface area contributed by atoms with Gasteiger partial charge in [-0.3, -0.25) is 0 Å². The van der Waals surface area contributed by atoms with Crippen LogP contribution in [-0.4, -0.2) is 18.7 Å². The standard InChI is InChI=1S/C19H31NO/c1-4-9-18(20-6-3)19(5-2)21-17-13-12-15-10-7-8-11-16(15)14-17/h12-14,18-20H,4-11H2,1-3H3. The molecule has 0 aliphatic heterocycles. The SMILES string of the molecule is CCCC(NCC)C(CC)Oc1ccc2c(c1)CCCC2.